The number of carbonyl (C=O) groups is 2. The van der Waals surface area contributed by atoms with E-state index in [1.165, 1.54) is 41.3 Å². The summed E-state index contributed by atoms with van der Waals surface area (Å²) in [6, 6.07) is 18.0. The Bertz CT molecular complexity index is 1340. The molecule has 0 aliphatic carbocycles. The predicted molar refractivity (Wildman–Crippen MR) is 142 cm³/mol. The van der Waals surface area contributed by atoms with Gasteiger partial charge in [0, 0.05) is 13.1 Å². The molecule has 3 rings (SSSR count). The van der Waals surface area contributed by atoms with Crippen LogP contribution in [0, 0.1) is 19.7 Å². The third-order valence-electron chi connectivity index (χ3n) is 5.96. The van der Waals surface area contributed by atoms with Crippen molar-refractivity contribution in [3.63, 3.8) is 0 Å². The Balaban J connectivity index is 2.02. The Hall–Kier alpha value is -3.72. The molecule has 0 fully saturated rings. The van der Waals surface area contributed by atoms with E-state index in [0.29, 0.717) is 17.8 Å². The first-order valence-electron chi connectivity index (χ1n) is 12.0. The van der Waals surface area contributed by atoms with Gasteiger partial charge in [0.05, 0.1) is 10.6 Å². The Morgan fingerprint density at radius 2 is 1.59 bits per heavy atom. The number of hydrogen-bond donors (Lipinski definition) is 1. The Morgan fingerprint density at radius 1 is 0.946 bits per heavy atom. The quantitative estimate of drug-likeness (QED) is 0.430. The van der Waals surface area contributed by atoms with Crippen molar-refractivity contribution in [1.29, 1.82) is 0 Å². The molecule has 1 unspecified atom stereocenters. The van der Waals surface area contributed by atoms with Gasteiger partial charge in [-0.1, -0.05) is 42.0 Å². The number of sulfonamides is 1. The molecule has 3 aromatic rings. The highest BCUT2D eigenvalue weighted by Crippen LogP contribution is 2.25. The molecule has 0 saturated heterocycles. The van der Waals surface area contributed by atoms with Crippen LogP contribution in [0.4, 0.5) is 10.1 Å². The Labute approximate surface area is 218 Å². The van der Waals surface area contributed by atoms with Crippen molar-refractivity contribution in [1.82, 2.24) is 10.2 Å². The number of amides is 2. The van der Waals surface area contributed by atoms with Gasteiger partial charge in [0.25, 0.3) is 10.0 Å². The second-order valence-corrected chi connectivity index (χ2v) is 10.7. The second-order valence-electron chi connectivity index (χ2n) is 8.88. The molecular formula is C28H32FN3O4S. The van der Waals surface area contributed by atoms with E-state index in [1.807, 2.05) is 19.9 Å². The first-order valence-corrected chi connectivity index (χ1v) is 13.4. The third kappa shape index (κ3) is 6.95. The molecule has 0 bridgehead atoms. The predicted octanol–water partition coefficient (Wildman–Crippen LogP) is 4.19. The largest absolute Gasteiger partial charge is 0.355 e. The Kier molecular flexibility index (Phi) is 9.04. The Morgan fingerprint density at radius 3 is 2.19 bits per heavy atom. The van der Waals surface area contributed by atoms with E-state index >= 15 is 0 Å². The van der Waals surface area contributed by atoms with Gasteiger partial charge in [-0.3, -0.25) is 13.9 Å². The highest BCUT2D eigenvalue weighted by atomic mass is 32.2. The van der Waals surface area contributed by atoms with Crippen molar-refractivity contribution in [2.45, 2.75) is 45.2 Å². The first-order chi connectivity index (χ1) is 17.5. The molecule has 0 radical (unpaired) electrons. The molecule has 2 amide bonds. The zero-order valence-corrected chi connectivity index (χ0v) is 22.3. The highest BCUT2D eigenvalue weighted by Gasteiger charge is 2.32. The van der Waals surface area contributed by atoms with Gasteiger partial charge in [-0.2, -0.15) is 0 Å². The van der Waals surface area contributed by atoms with E-state index in [1.54, 1.807) is 44.2 Å². The van der Waals surface area contributed by atoms with E-state index in [0.717, 1.165) is 15.4 Å². The second kappa shape index (κ2) is 12.0. The van der Waals surface area contributed by atoms with E-state index in [2.05, 4.69) is 5.32 Å². The van der Waals surface area contributed by atoms with Crippen molar-refractivity contribution in [3.05, 3.63) is 95.3 Å². The van der Waals surface area contributed by atoms with Crippen LogP contribution in [0.3, 0.4) is 0 Å². The normalized spacial score (nSPS) is 12.0. The summed E-state index contributed by atoms with van der Waals surface area (Å²) in [4.78, 5) is 27.8. The molecule has 0 saturated carbocycles. The fraction of sp³-hybridized carbons (Fsp3) is 0.286. The summed E-state index contributed by atoms with van der Waals surface area (Å²) in [5.74, 6) is -1.37. The van der Waals surface area contributed by atoms with E-state index < -0.39 is 34.3 Å². The van der Waals surface area contributed by atoms with Gasteiger partial charge in [0.1, 0.15) is 18.4 Å². The van der Waals surface area contributed by atoms with Crippen LogP contribution in [0.15, 0.2) is 77.7 Å². The summed E-state index contributed by atoms with van der Waals surface area (Å²) in [6.07, 6.45) is 0. The smallest absolute Gasteiger partial charge is 0.264 e. The van der Waals surface area contributed by atoms with Gasteiger partial charge < -0.3 is 10.2 Å². The summed E-state index contributed by atoms with van der Waals surface area (Å²) in [7, 11) is -4.12. The van der Waals surface area contributed by atoms with Gasteiger partial charge in [-0.05, 0) is 75.2 Å². The van der Waals surface area contributed by atoms with E-state index in [4.69, 9.17) is 0 Å². The van der Waals surface area contributed by atoms with Crippen molar-refractivity contribution in [2.75, 3.05) is 17.4 Å². The lowest BCUT2D eigenvalue weighted by Gasteiger charge is -2.32. The average molecular weight is 526 g/mol. The fourth-order valence-electron chi connectivity index (χ4n) is 3.84. The molecule has 0 heterocycles. The summed E-state index contributed by atoms with van der Waals surface area (Å²) in [5, 5.41) is 2.70. The number of benzene rings is 3. The van der Waals surface area contributed by atoms with Crippen LogP contribution in [0.2, 0.25) is 0 Å². The lowest BCUT2D eigenvalue weighted by atomic mass is 10.1. The maximum atomic E-state index is 13.7. The zero-order chi connectivity index (χ0) is 27.2. The standard InChI is InChI=1S/C28H32FN3O4S/c1-5-30-28(34)22(4)31(18-23-11-13-24(29)14-12-23)27(33)19-32(25-8-6-7-21(3)17-25)37(35,36)26-15-9-20(2)10-16-26/h6-17,22H,5,18-19H2,1-4H3,(H,30,34). The molecule has 196 valence electrons. The summed E-state index contributed by atoms with van der Waals surface area (Å²) < 4.78 is 42.0. The molecule has 9 heteroatoms. The van der Waals surface area contributed by atoms with Gasteiger partial charge in [0.15, 0.2) is 0 Å². The number of carbonyl (C=O) groups excluding carboxylic acids is 2. The van der Waals surface area contributed by atoms with Crippen molar-refractivity contribution in [3.8, 4) is 0 Å². The van der Waals surface area contributed by atoms with Gasteiger partial charge in [-0.15, -0.1) is 0 Å². The molecular weight excluding hydrogens is 493 g/mol. The molecule has 1 atom stereocenters. The van der Waals surface area contributed by atoms with Crippen LogP contribution < -0.4 is 9.62 Å². The lowest BCUT2D eigenvalue weighted by molar-refractivity contribution is -0.139. The molecule has 37 heavy (non-hydrogen) atoms. The van der Waals surface area contributed by atoms with Crippen molar-refractivity contribution in [2.24, 2.45) is 0 Å². The lowest BCUT2D eigenvalue weighted by Crippen LogP contribution is -2.51. The number of nitrogens with zero attached hydrogens (tertiary/aromatic N) is 2. The molecule has 1 N–H and O–H groups in total. The third-order valence-corrected chi connectivity index (χ3v) is 7.75. The molecule has 0 spiro atoms. The number of likely N-dealkylation sites (N-methyl/N-ethyl adjacent to an activating group) is 1. The zero-order valence-electron chi connectivity index (χ0n) is 21.4. The maximum Gasteiger partial charge on any atom is 0.264 e. The van der Waals surface area contributed by atoms with Gasteiger partial charge in [0.2, 0.25) is 11.8 Å². The van der Waals surface area contributed by atoms with E-state index in [-0.39, 0.29) is 17.3 Å². The summed E-state index contributed by atoms with van der Waals surface area (Å²) in [6.45, 7) is 6.89. The van der Waals surface area contributed by atoms with Crippen LogP contribution in [0.25, 0.3) is 0 Å². The van der Waals surface area contributed by atoms with Crippen LogP contribution in [-0.4, -0.2) is 44.3 Å². The van der Waals surface area contributed by atoms with Gasteiger partial charge in [-0.25, -0.2) is 12.8 Å². The minimum absolute atomic E-state index is 0.00362. The molecule has 0 aliphatic heterocycles. The number of aryl methyl sites for hydroxylation is 2. The molecule has 0 aromatic heterocycles. The van der Waals surface area contributed by atoms with Crippen molar-refractivity contribution < 1.29 is 22.4 Å². The molecule has 3 aromatic carbocycles. The topological polar surface area (TPSA) is 86.8 Å². The molecule has 7 nitrogen and oxygen atoms in total. The minimum Gasteiger partial charge on any atom is -0.355 e. The first kappa shape index (κ1) is 27.9. The SMILES string of the molecule is CCNC(=O)C(C)N(Cc1ccc(F)cc1)C(=O)CN(c1cccc(C)c1)S(=O)(=O)c1ccc(C)cc1. The van der Waals surface area contributed by atoms with E-state index in [9.17, 15) is 22.4 Å². The maximum absolute atomic E-state index is 13.7. The van der Waals surface area contributed by atoms with Gasteiger partial charge >= 0.3 is 0 Å². The number of nitrogens with one attached hydrogen (secondary N) is 1. The number of hydrogen-bond acceptors (Lipinski definition) is 4. The minimum atomic E-state index is -4.12. The van der Waals surface area contributed by atoms with Crippen LogP contribution in [0.5, 0.6) is 0 Å². The highest BCUT2D eigenvalue weighted by molar-refractivity contribution is 7.92. The number of rotatable bonds is 10. The number of halogens is 1. The van der Waals surface area contributed by atoms with Crippen LogP contribution in [-0.2, 0) is 26.2 Å². The van der Waals surface area contributed by atoms with Crippen LogP contribution >= 0.6 is 0 Å². The number of anilines is 1. The average Bonchev–Trinajstić information content (AvgIpc) is 2.86. The monoisotopic (exact) mass is 525 g/mol. The summed E-state index contributed by atoms with van der Waals surface area (Å²) in [5.41, 5.74) is 2.67. The summed E-state index contributed by atoms with van der Waals surface area (Å²) >= 11 is 0. The fourth-order valence-corrected chi connectivity index (χ4v) is 5.25. The molecule has 0 aliphatic rings. The van der Waals surface area contributed by atoms with Crippen molar-refractivity contribution >= 4 is 27.5 Å². The van der Waals surface area contributed by atoms with Crippen LogP contribution in [0.1, 0.15) is 30.5 Å².